The van der Waals surface area contributed by atoms with Gasteiger partial charge in [0.05, 0.1) is 17.8 Å². The predicted molar refractivity (Wildman–Crippen MR) is 88.2 cm³/mol. The summed E-state index contributed by atoms with van der Waals surface area (Å²) in [7, 11) is 0. The molecule has 1 heterocycles. The molecule has 1 aromatic carbocycles. The Morgan fingerprint density at radius 3 is 2.78 bits per heavy atom. The minimum absolute atomic E-state index is 0.00463. The van der Waals surface area contributed by atoms with Crippen LogP contribution >= 0.6 is 0 Å². The van der Waals surface area contributed by atoms with Crippen molar-refractivity contribution in [1.29, 1.82) is 0 Å². The van der Waals surface area contributed by atoms with Crippen molar-refractivity contribution >= 4 is 6.29 Å². The molecule has 124 valence electrons. The van der Waals surface area contributed by atoms with E-state index in [9.17, 15) is 15.0 Å². The topological polar surface area (TPSA) is 66.8 Å². The molecule has 0 amide bonds. The third-order valence-corrected chi connectivity index (χ3v) is 5.19. The van der Waals surface area contributed by atoms with E-state index in [2.05, 4.69) is 0 Å². The maximum atomic E-state index is 11.7. The Morgan fingerprint density at radius 2 is 2.13 bits per heavy atom. The lowest BCUT2D eigenvalue weighted by atomic mass is 9.79. The first-order valence-corrected chi connectivity index (χ1v) is 8.26. The number of aliphatic hydroxyl groups is 1. The highest BCUT2D eigenvalue weighted by molar-refractivity contribution is 5.85. The van der Waals surface area contributed by atoms with Gasteiger partial charge in [-0.3, -0.25) is 4.79 Å². The number of ether oxygens (including phenoxy) is 1. The molecule has 23 heavy (non-hydrogen) atoms. The zero-order chi connectivity index (χ0) is 16.7. The number of rotatable bonds is 3. The molecule has 2 N–H and O–H groups in total. The number of allylic oxidation sites excluding steroid dienone is 2. The summed E-state index contributed by atoms with van der Waals surface area (Å²) in [5.74, 6) is 0.723. The summed E-state index contributed by atoms with van der Waals surface area (Å²) in [4.78, 5) is 11.7. The van der Waals surface area contributed by atoms with E-state index in [1.807, 2.05) is 32.9 Å². The molecule has 1 fully saturated rings. The number of phenolic OH excluding ortho intramolecular Hbond substituents is 1. The van der Waals surface area contributed by atoms with Gasteiger partial charge in [0.15, 0.2) is 6.29 Å². The van der Waals surface area contributed by atoms with Crippen LogP contribution in [0.3, 0.4) is 0 Å². The van der Waals surface area contributed by atoms with Gasteiger partial charge in [-0.05, 0) is 46.1 Å². The molecule has 4 heteroatoms. The van der Waals surface area contributed by atoms with Crippen LogP contribution in [0.4, 0.5) is 0 Å². The van der Waals surface area contributed by atoms with Gasteiger partial charge in [0, 0.05) is 23.0 Å². The second kappa shape index (κ2) is 6.00. The number of benzene rings is 1. The van der Waals surface area contributed by atoms with Crippen molar-refractivity contribution in [2.45, 2.75) is 58.2 Å². The molecule has 4 nitrogen and oxygen atoms in total. The first-order valence-electron chi connectivity index (χ1n) is 8.26. The van der Waals surface area contributed by atoms with E-state index in [0.717, 1.165) is 12.0 Å². The number of aliphatic hydroxyl groups excluding tert-OH is 1. The Labute approximate surface area is 136 Å². The van der Waals surface area contributed by atoms with E-state index in [-0.39, 0.29) is 29.3 Å². The van der Waals surface area contributed by atoms with E-state index in [1.165, 1.54) is 0 Å². The van der Waals surface area contributed by atoms with Crippen molar-refractivity contribution in [2.75, 3.05) is 0 Å². The second-order valence-corrected chi connectivity index (χ2v) is 6.97. The van der Waals surface area contributed by atoms with E-state index < -0.39 is 6.10 Å². The molecule has 1 aromatic rings. The molecule has 0 spiro atoms. The number of fused-ring (bicyclic) bond motifs is 3. The van der Waals surface area contributed by atoms with Gasteiger partial charge in [0.25, 0.3) is 0 Å². The molecule has 0 bridgehead atoms. The lowest BCUT2D eigenvalue weighted by Crippen LogP contribution is -2.34. The van der Waals surface area contributed by atoms with Crippen molar-refractivity contribution in [3.05, 3.63) is 34.4 Å². The highest BCUT2D eigenvalue weighted by Gasteiger charge is 2.46. The number of aldehydes is 1. The Hall–Kier alpha value is -1.81. The summed E-state index contributed by atoms with van der Waals surface area (Å²) in [6, 6.07) is 1.83. The third-order valence-electron chi connectivity index (χ3n) is 5.19. The first kappa shape index (κ1) is 16.1. The molecule has 3 rings (SSSR count). The fourth-order valence-electron chi connectivity index (χ4n) is 4.00. The molecule has 1 aliphatic heterocycles. The molecule has 4 atom stereocenters. The molecule has 2 aliphatic rings. The van der Waals surface area contributed by atoms with Gasteiger partial charge in [-0.15, -0.1) is 0 Å². The molecule has 1 saturated carbocycles. The quantitative estimate of drug-likeness (QED) is 0.663. The van der Waals surface area contributed by atoms with Crippen molar-refractivity contribution in [3.63, 3.8) is 0 Å². The summed E-state index contributed by atoms with van der Waals surface area (Å²) in [6.45, 7) is 6.00. The first-order chi connectivity index (χ1) is 10.9. The number of aromatic hydroxyl groups is 1. The second-order valence-electron chi connectivity index (χ2n) is 6.97. The van der Waals surface area contributed by atoms with Gasteiger partial charge < -0.3 is 14.9 Å². The highest BCUT2D eigenvalue weighted by atomic mass is 16.5. The number of hydrogen-bond donors (Lipinski definition) is 2. The highest BCUT2D eigenvalue weighted by Crippen LogP contribution is 2.52. The van der Waals surface area contributed by atoms with Crippen LogP contribution in [0, 0.1) is 5.92 Å². The zero-order valence-corrected chi connectivity index (χ0v) is 13.9. The molecule has 0 saturated heterocycles. The normalized spacial score (nSPS) is 28.5. The van der Waals surface area contributed by atoms with Crippen LogP contribution in [0.2, 0.25) is 0 Å². The van der Waals surface area contributed by atoms with Crippen LogP contribution in [0.15, 0.2) is 17.7 Å². The Kier molecular flexibility index (Phi) is 4.19. The molecular formula is C19H24O4. The molecular weight excluding hydrogens is 292 g/mol. The predicted octanol–water partition coefficient (Wildman–Crippen LogP) is 3.35. The SMILES string of the molecule is CC(C)=CCc1cc2c(c(C=O)c1O)[C@@H]1[C@H](CC[C@@H]1O)[C@@H](C)O2. The van der Waals surface area contributed by atoms with Gasteiger partial charge in [-0.1, -0.05) is 11.6 Å². The van der Waals surface area contributed by atoms with E-state index in [1.54, 1.807) is 0 Å². The fraction of sp³-hybridized carbons (Fsp3) is 0.526. The molecule has 0 aromatic heterocycles. The minimum atomic E-state index is -0.480. The van der Waals surface area contributed by atoms with Crippen molar-refractivity contribution < 1.29 is 19.7 Å². The van der Waals surface area contributed by atoms with Crippen LogP contribution in [0.1, 0.15) is 61.0 Å². The zero-order valence-electron chi connectivity index (χ0n) is 13.9. The Balaban J connectivity index is 2.14. The summed E-state index contributed by atoms with van der Waals surface area (Å²) in [6.07, 6.45) is 4.37. The van der Waals surface area contributed by atoms with Crippen LogP contribution in [-0.4, -0.2) is 28.7 Å². The smallest absolute Gasteiger partial charge is 0.154 e. The van der Waals surface area contributed by atoms with Crippen molar-refractivity contribution in [1.82, 2.24) is 0 Å². The number of carbonyl (C=O) groups excluding carboxylic acids is 1. The average Bonchev–Trinajstić information content (AvgIpc) is 2.88. The minimum Gasteiger partial charge on any atom is -0.507 e. The fourth-order valence-corrected chi connectivity index (χ4v) is 4.00. The lowest BCUT2D eigenvalue weighted by Gasteiger charge is -2.36. The molecule has 1 aliphatic carbocycles. The average molecular weight is 316 g/mol. The molecule has 0 unspecified atom stereocenters. The van der Waals surface area contributed by atoms with Gasteiger partial charge in [-0.2, -0.15) is 0 Å². The maximum absolute atomic E-state index is 11.7. The van der Waals surface area contributed by atoms with Crippen LogP contribution in [0.25, 0.3) is 0 Å². The Bertz CT molecular complexity index is 658. The van der Waals surface area contributed by atoms with Crippen LogP contribution in [0.5, 0.6) is 11.5 Å². The Morgan fingerprint density at radius 1 is 1.39 bits per heavy atom. The summed E-state index contributed by atoms with van der Waals surface area (Å²) in [5, 5.41) is 20.9. The monoisotopic (exact) mass is 316 g/mol. The van der Waals surface area contributed by atoms with Gasteiger partial charge in [0.1, 0.15) is 11.5 Å². The van der Waals surface area contributed by atoms with Gasteiger partial charge in [-0.25, -0.2) is 0 Å². The van der Waals surface area contributed by atoms with Crippen LogP contribution < -0.4 is 4.74 Å². The number of carbonyl (C=O) groups is 1. The molecule has 0 radical (unpaired) electrons. The van der Waals surface area contributed by atoms with Gasteiger partial charge >= 0.3 is 0 Å². The summed E-state index contributed by atoms with van der Waals surface area (Å²) < 4.78 is 6.04. The standard InChI is InChI=1S/C19H24O4/c1-10(2)4-5-12-8-16-18(14(9-20)19(12)22)17-13(11(3)23-16)6-7-15(17)21/h4,8-9,11,13,15,17,21-22H,5-7H2,1-3H3/t11-,13-,15+,17-/m1/s1. The number of phenols is 1. The van der Waals surface area contributed by atoms with E-state index in [0.29, 0.717) is 36.0 Å². The van der Waals surface area contributed by atoms with E-state index in [4.69, 9.17) is 4.74 Å². The summed E-state index contributed by atoms with van der Waals surface area (Å²) in [5.41, 5.74) is 2.80. The van der Waals surface area contributed by atoms with E-state index >= 15 is 0 Å². The third kappa shape index (κ3) is 2.65. The largest absolute Gasteiger partial charge is 0.507 e. The van der Waals surface area contributed by atoms with Gasteiger partial charge in [0.2, 0.25) is 0 Å². The number of hydrogen-bond acceptors (Lipinski definition) is 4. The van der Waals surface area contributed by atoms with Crippen molar-refractivity contribution in [2.24, 2.45) is 5.92 Å². The summed E-state index contributed by atoms with van der Waals surface area (Å²) >= 11 is 0. The van der Waals surface area contributed by atoms with Crippen LogP contribution in [-0.2, 0) is 6.42 Å². The maximum Gasteiger partial charge on any atom is 0.154 e. The lowest BCUT2D eigenvalue weighted by molar-refractivity contribution is 0.0823. The van der Waals surface area contributed by atoms with Crippen molar-refractivity contribution in [3.8, 4) is 11.5 Å².